The Kier molecular flexibility index (Phi) is 7.00. The van der Waals surface area contributed by atoms with Crippen LogP contribution in [0.2, 0.25) is 0 Å². The molecule has 0 radical (unpaired) electrons. The average molecular weight is 464 g/mol. The van der Waals surface area contributed by atoms with Crippen molar-refractivity contribution in [3.05, 3.63) is 48.0 Å². The predicted octanol–water partition coefficient (Wildman–Crippen LogP) is 1.43. The summed E-state index contributed by atoms with van der Waals surface area (Å²) >= 11 is 0. The zero-order chi connectivity index (χ0) is 23.3. The van der Waals surface area contributed by atoms with Crippen molar-refractivity contribution in [1.82, 2.24) is 24.9 Å². The first-order valence-electron chi connectivity index (χ1n) is 9.31. The number of nitrogens with zero attached hydrogens (tertiary/aromatic N) is 4. The van der Waals surface area contributed by atoms with Gasteiger partial charge in [-0.3, -0.25) is 4.79 Å². The predicted molar refractivity (Wildman–Crippen MR) is 112 cm³/mol. The number of carbonyl (C=O) groups excluding carboxylic acids is 1. The maximum absolute atomic E-state index is 14.1. The molecule has 11 nitrogen and oxygen atoms in total. The van der Waals surface area contributed by atoms with Crippen molar-refractivity contribution in [1.29, 1.82) is 0 Å². The van der Waals surface area contributed by atoms with Gasteiger partial charge >= 0.3 is 0 Å². The number of aryl methyl sites for hydroxylation is 1. The van der Waals surface area contributed by atoms with E-state index in [4.69, 9.17) is 9.47 Å². The van der Waals surface area contributed by atoms with Crippen molar-refractivity contribution < 1.29 is 27.1 Å². The topological polar surface area (TPSA) is 137 Å². The number of tetrazole rings is 1. The smallest absolute Gasteiger partial charge is 0.240 e. The van der Waals surface area contributed by atoms with Crippen LogP contribution in [0.15, 0.2) is 41.3 Å². The minimum atomic E-state index is -3.87. The van der Waals surface area contributed by atoms with E-state index in [0.717, 1.165) is 0 Å². The maximum Gasteiger partial charge on any atom is 0.240 e. The summed E-state index contributed by atoms with van der Waals surface area (Å²) in [6.45, 7) is 1.46. The molecule has 0 saturated heterocycles. The molecule has 2 aromatic carbocycles. The van der Waals surface area contributed by atoms with Gasteiger partial charge < -0.3 is 14.8 Å². The second kappa shape index (κ2) is 9.70. The third-order valence-corrected chi connectivity index (χ3v) is 5.85. The summed E-state index contributed by atoms with van der Waals surface area (Å²) in [7, 11) is -1.04. The molecule has 0 bridgehead atoms. The number of carbonyl (C=O) groups is 1. The third-order valence-electron chi connectivity index (χ3n) is 4.39. The molecule has 13 heteroatoms. The molecule has 1 aromatic heterocycles. The largest absolute Gasteiger partial charge is 0.493 e. The standard InChI is InChI=1S/C19H21FN6O5S/c1-12-23-24-25-26(12)16-10-13(4-6-15(16)20)22-19(27)8-9-21-32(28,29)14-5-7-17(30-2)18(11-14)31-3/h4-7,10-11,21H,8-9H2,1-3H3,(H,22,27). The lowest BCUT2D eigenvalue weighted by Gasteiger charge is -2.11. The molecule has 170 valence electrons. The molecule has 32 heavy (non-hydrogen) atoms. The Labute approximate surface area is 183 Å². The second-order valence-electron chi connectivity index (χ2n) is 6.52. The summed E-state index contributed by atoms with van der Waals surface area (Å²) in [5.41, 5.74) is 0.378. The normalized spacial score (nSPS) is 11.2. The zero-order valence-corrected chi connectivity index (χ0v) is 18.3. The molecule has 2 N–H and O–H groups in total. The molecule has 0 atom stereocenters. The first kappa shape index (κ1) is 23.1. The van der Waals surface area contributed by atoms with E-state index in [2.05, 4.69) is 25.6 Å². The van der Waals surface area contributed by atoms with E-state index in [1.54, 1.807) is 6.92 Å². The first-order valence-corrected chi connectivity index (χ1v) is 10.8. The summed E-state index contributed by atoms with van der Waals surface area (Å²) in [4.78, 5) is 12.2. The van der Waals surface area contributed by atoms with Crippen molar-refractivity contribution >= 4 is 21.6 Å². The van der Waals surface area contributed by atoms with Gasteiger partial charge in [-0.05, 0) is 47.7 Å². The lowest BCUT2D eigenvalue weighted by molar-refractivity contribution is -0.116. The molecule has 1 amide bonds. The molecule has 0 aliphatic heterocycles. The van der Waals surface area contributed by atoms with Crippen LogP contribution in [0.5, 0.6) is 11.5 Å². The van der Waals surface area contributed by atoms with Crippen LogP contribution in [-0.4, -0.2) is 55.3 Å². The molecule has 1 heterocycles. The number of aromatic nitrogens is 4. The molecular weight excluding hydrogens is 443 g/mol. The Balaban J connectivity index is 1.61. The molecule has 0 aliphatic rings. The SMILES string of the molecule is COc1ccc(S(=O)(=O)NCCC(=O)Nc2ccc(F)c(-n3nnnc3C)c2)cc1OC. The number of halogens is 1. The highest BCUT2D eigenvalue weighted by Gasteiger charge is 2.17. The van der Waals surface area contributed by atoms with E-state index in [9.17, 15) is 17.6 Å². The number of rotatable bonds is 9. The lowest BCUT2D eigenvalue weighted by atomic mass is 10.2. The Bertz CT molecular complexity index is 1230. The van der Waals surface area contributed by atoms with Gasteiger partial charge in [0.2, 0.25) is 15.9 Å². The fraction of sp³-hybridized carbons (Fsp3) is 0.263. The molecule has 0 spiro atoms. The van der Waals surface area contributed by atoms with Gasteiger partial charge in [0.05, 0.1) is 19.1 Å². The maximum atomic E-state index is 14.1. The van der Waals surface area contributed by atoms with Crippen molar-refractivity contribution in [3.63, 3.8) is 0 Å². The van der Waals surface area contributed by atoms with Crippen molar-refractivity contribution in [2.24, 2.45) is 0 Å². The minimum Gasteiger partial charge on any atom is -0.493 e. The molecule has 0 saturated carbocycles. The summed E-state index contributed by atoms with van der Waals surface area (Å²) in [6, 6.07) is 8.09. The fourth-order valence-corrected chi connectivity index (χ4v) is 3.84. The van der Waals surface area contributed by atoms with E-state index in [0.29, 0.717) is 17.3 Å². The monoisotopic (exact) mass is 464 g/mol. The highest BCUT2D eigenvalue weighted by atomic mass is 32.2. The van der Waals surface area contributed by atoms with E-state index < -0.39 is 21.7 Å². The van der Waals surface area contributed by atoms with Crippen LogP contribution in [0, 0.1) is 12.7 Å². The van der Waals surface area contributed by atoms with Gasteiger partial charge in [0, 0.05) is 24.7 Å². The van der Waals surface area contributed by atoms with Gasteiger partial charge in [0.1, 0.15) is 11.5 Å². The molecule has 3 aromatic rings. The second-order valence-corrected chi connectivity index (χ2v) is 8.28. The van der Waals surface area contributed by atoms with Crippen molar-refractivity contribution in [3.8, 4) is 17.2 Å². The number of hydrogen-bond donors (Lipinski definition) is 2. The molecule has 3 rings (SSSR count). The van der Waals surface area contributed by atoms with Crippen LogP contribution in [0.1, 0.15) is 12.2 Å². The molecule has 0 fully saturated rings. The number of anilines is 1. The Morgan fingerprint density at radius 3 is 2.53 bits per heavy atom. The summed E-state index contributed by atoms with van der Waals surface area (Å²) in [6.07, 6.45) is -0.150. The van der Waals surface area contributed by atoms with Gasteiger partial charge in [-0.2, -0.15) is 4.68 Å². The van der Waals surface area contributed by atoms with Crippen LogP contribution in [0.4, 0.5) is 10.1 Å². The van der Waals surface area contributed by atoms with Crippen LogP contribution >= 0.6 is 0 Å². The number of sulfonamides is 1. The lowest BCUT2D eigenvalue weighted by Crippen LogP contribution is -2.28. The van der Waals surface area contributed by atoms with Crippen LogP contribution in [0.3, 0.4) is 0 Å². The summed E-state index contributed by atoms with van der Waals surface area (Å²) in [5, 5.41) is 13.5. The minimum absolute atomic E-state index is 0.0319. The Hall–Kier alpha value is -3.58. The Morgan fingerprint density at radius 2 is 1.88 bits per heavy atom. The van der Waals surface area contributed by atoms with Crippen LogP contribution < -0.4 is 19.5 Å². The number of hydrogen-bond acceptors (Lipinski definition) is 8. The van der Waals surface area contributed by atoms with Gasteiger partial charge in [-0.25, -0.2) is 17.5 Å². The fourth-order valence-electron chi connectivity index (χ4n) is 2.80. The van der Waals surface area contributed by atoms with Gasteiger partial charge in [0.15, 0.2) is 17.3 Å². The van der Waals surface area contributed by atoms with Crippen LogP contribution in [-0.2, 0) is 14.8 Å². The average Bonchev–Trinajstić information content (AvgIpc) is 3.20. The number of nitrogens with one attached hydrogen (secondary N) is 2. The molecular formula is C19H21FN6O5S. The van der Waals surface area contributed by atoms with E-state index in [1.807, 2.05) is 0 Å². The highest BCUT2D eigenvalue weighted by molar-refractivity contribution is 7.89. The quantitative estimate of drug-likeness (QED) is 0.485. The molecule has 0 unspecified atom stereocenters. The third kappa shape index (κ3) is 5.18. The van der Waals surface area contributed by atoms with Gasteiger partial charge in [0.25, 0.3) is 0 Å². The highest BCUT2D eigenvalue weighted by Crippen LogP contribution is 2.29. The number of ether oxygens (including phenoxy) is 2. The van der Waals surface area contributed by atoms with Crippen molar-refractivity contribution in [2.75, 3.05) is 26.1 Å². The first-order chi connectivity index (χ1) is 15.2. The summed E-state index contributed by atoms with van der Waals surface area (Å²) in [5.74, 6) is -0.0107. The van der Waals surface area contributed by atoms with E-state index in [1.165, 1.54) is 55.3 Å². The van der Waals surface area contributed by atoms with Crippen LogP contribution in [0.25, 0.3) is 5.69 Å². The Morgan fingerprint density at radius 1 is 1.12 bits per heavy atom. The summed E-state index contributed by atoms with van der Waals surface area (Å²) < 4.78 is 52.8. The van der Waals surface area contributed by atoms with Gasteiger partial charge in [-0.1, -0.05) is 0 Å². The number of amides is 1. The van der Waals surface area contributed by atoms with Gasteiger partial charge in [-0.15, -0.1) is 5.10 Å². The van der Waals surface area contributed by atoms with Crippen molar-refractivity contribution in [2.45, 2.75) is 18.2 Å². The number of benzene rings is 2. The zero-order valence-electron chi connectivity index (χ0n) is 17.5. The van der Waals surface area contributed by atoms with E-state index in [-0.39, 0.29) is 29.3 Å². The molecule has 0 aliphatic carbocycles. The number of methoxy groups -OCH3 is 2. The van der Waals surface area contributed by atoms with E-state index >= 15 is 0 Å².